The molecule has 1 saturated carbocycles. The summed E-state index contributed by atoms with van der Waals surface area (Å²) >= 11 is 0. The Bertz CT molecular complexity index is 858. The van der Waals surface area contributed by atoms with Crippen LogP contribution in [0.15, 0.2) is 48.5 Å². The first kappa shape index (κ1) is 25.5. The van der Waals surface area contributed by atoms with E-state index in [1.54, 1.807) is 0 Å². The van der Waals surface area contributed by atoms with Gasteiger partial charge in [0, 0.05) is 6.42 Å². The predicted octanol–water partition coefficient (Wildman–Crippen LogP) is 7.35. The van der Waals surface area contributed by atoms with Gasteiger partial charge in [-0.05, 0) is 65.7 Å². The van der Waals surface area contributed by atoms with Gasteiger partial charge in [-0.1, -0.05) is 88.9 Å². The van der Waals surface area contributed by atoms with E-state index in [0.717, 1.165) is 42.4 Å². The first-order valence-corrected chi connectivity index (χ1v) is 12.9. The largest absolute Gasteiger partial charge is 0.489 e. The first-order chi connectivity index (χ1) is 15.9. The zero-order valence-electron chi connectivity index (χ0n) is 20.8. The number of aldehydes is 1. The number of hydrogen-bond donors (Lipinski definition) is 1. The maximum absolute atomic E-state index is 11.4. The third kappa shape index (κ3) is 7.17. The molecule has 0 amide bonds. The van der Waals surface area contributed by atoms with Crippen LogP contribution in [0.25, 0.3) is 0 Å². The summed E-state index contributed by atoms with van der Waals surface area (Å²) in [7, 11) is 0. The molecule has 0 bridgehead atoms. The average molecular weight is 451 g/mol. The van der Waals surface area contributed by atoms with Crippen molar-refractivity contribution in [3.63, 3.8) is 0 Å². The van der Waals surface area contributed by atoms with Gasteiger partial charge in [0.2, 0.25) is 0 Å². The van der Waals surface area contributed by atoms with Gasteiger partial charge < -0.3 is 14.6 Å². The summed E-state index contributed by atoms with van der Waals surface area (Å²) in [5.41, 5.74) is 3.66. The second kappa shape index (κ2) is 12.4. The molecular formula is C30H42O3. The molecule has 0 heterocycles. The Morgan fingerprint density at radius 3 is 2.58 bits per heavy atom. The average Bonchev–Trinajstić information content (AvgIpc) is 2.82. The normalized spacial score (nSPS) is 21.0. The van der Waals surface area contributed by atoms with Crippen molar-refractivity contribution in [1.82, 2.24) is 0 Å². The SMILES string of the molecule is CCCCCCC(C)(C)c1ccc([C@@H]2C[C@H](O)CC[C@H]2CC=O)c(OCc2ccccc2)c1. The molecule has 1 N–H and O–H groups in total. The summed E-state index contributed by atoms with van der Waals surface area (Å²) in [6.45, 7) is 7.42. The van der Waals surface area contributed by atoms with Gasteiger partial charge >= 0.3 is 0 Å². The van der Waals surface area contributed by atoms with E-state index in [9.17, 15) is 9.90 Å². The van der Waals surface area contributed by atoms with Crippen molar-refractivity contribution >= 4 is 6.29 Å². The number of unbranched alkanes of at least 4 members (excludes halogenated alkanes) is 3. The van der Waals surface area contributed by atoms with Crippen LogP contribution in [0.4, 0.5) is 0 Å². The molecule has 180 valence electrons. The molecule has 3 nitrogen and oxygen atoms in total. The van der Waals surface area contributed by atoms with E-state index < -0.39 is 0 Å². The van der Waals surface area contributed by atoms with Crippen LogP contribution in [0, 0.1) is 5.92 Å². The minimum atomic E-state index is -0.311. The Hall–Kier alpha value is -2.13. The summed E-state index contributed by atoms with van der Waals surface area (Å²) in [5.74, 6) is 1.32. The number of aliphatic hydroxyl groups excluding tert-OH is 1. The minimum absolute atomic E-state index is 0.0748. The molecule has 2 aromatic rings. The first-order valence-electron chi connectivity index (χ1n) is 12.9. The van der Waals surface area contributed by atoms with Gasteiger partial charge in [0.1, 0.15) is 18.6 Å². The number of benzene rings is 2. The van der Waals surface area contributed by atoms with Gasteiger partial charge in [-0.2, -0.15) is 0 Å². The summed E-state index contributed by atoms with van der Waals surface area (Å²) in [5, 5.41) is 10.4. The second-order valence-corrected chi connectivity index (χ2v) is 10.5. The molecule has 1 fully saturated rings. The van der Waals surface area contributed by atoms with Crippen molar-refractivity contribution in [2.24, 2.45) is 5.92 Å². The van der Waals surface area contributed by atoms with Gasteiger partial charge in [0.05, 0.1) is 6.10 Å². The van der Waals surface area contributed by atoms with Crippen LogP contribution in [-0.4, -0.2) is 17.5 Å². The van der Waals surface area contributed by atoms with Crippen molar-refractivity contribution < 1.29 is 14.6 Å². The smallest absolute Gasteiger partial charge is 0.123 e. The lowest BCUT2D eigenvalue weighted by Crippen LogP contribution is -2.27. The van der Waals surface area contributed by atoms with Gasteiger partial charge in [0.15, 0.2) is 0 Å². The Morgan fingerprint density at radius 2 is 1.85 bits per heavy atom. The van der Waals surface area contributed by atoms with Crippen LogP contribution in [0.5, 0.6) is 5.75 Å². The highest BCUT2D eigenvalue weighted by Crippen LogP contribution is 2.44. The number of hydrogen-bond acceptors (Lipinski definition) is 3. The fraction of sp³-hybridized carbons (Fsp3) is 0.567. The van der Waals surface area contributed by atoms with Crippen LogP contribution in [0.2, 0.25) is 0 Å². The molecule has 33 heavy (non-hydrogen) atoms. The van der Waals surface area contributed by atoms with Crippen LogP contribution >= 0.6 is 0 Å². The van der Waals surface area contributed by atoms with Crippen molar-refractivity contribution in [3.05, 3.63) is 65.2 Å². The summed E-state index contributed by atoms with van der Waals surface area (Å²) in [6, 6.07) is 17.0. The molecule has 0 aromatic heterocycles. The van der Waals surface area contributed by atoms with E-state index in [1.165, 1.54) is 31.2 Å². The van der Waals surface area contributed by atoms with E-state index in [2.05, 4.69) is 51.1 Å². The molecule has 0 spiro atoms. The van der Waals surface area contributed by atoms with E-state index in [4.69, 9.17) is 4.74 Å². The molecule has 3 atom stereocenters. The molecule has 1 aliphatic carbocycles. The zero-order valence-corrected chi connectivity index (χ0v) is 20.8. The van der Waals surface area contributed by atoms with E-state index in [0.29, 0.717) is 19.4 Å². The number of aliphatic hydroxyl groups is 1. The third-order valence-corrected chi connectivity index (χ3v) is 7.45. The van der Waals surface area contributed by atoms with Crippen LogP contribution in [0.3, 0.4) is 0 Å². The molecule has 0 radical (unpaired) electrons. The van der Waals surface area contributed by atoms with Gasteiger partial charge in [-0.3, -0.25) is 0 Å². The highest BCUT2D eigenvalue weighted by Gasteiger charge is 2.33. The van der Waals surface area contributed by atoms with E-state index in [1.807, 2.05) is 18.2 Å². The molecule has 3 rings (SSSR count). The fourth-order valence-corrected chi connectivity index (χ4v) is 5.26. The van der Waals surface area contributed by atoms with E-state index >= 15 is 0 Å². The number of ether oxygens (including phenoxy) is 1. The van der Waals surface area contributed by atoms with Gasteiger partial charge in [0.25, 0.3) is 0 Å². The van der Waals surface area contributed by atoms with Crippen molar-refractivity contribution in [2.45, 2.75) is 103 Å². The van der Waals surface area contributed by atoms with Gasteiger partial charge in [-0.25, -0.2) is 0 Å². The zero-order chi connectivity index (χ0) is 23.7. The molecule has 1 aliphatic rings. The standard InChI is InChI=1S/C30H42O3/c1-4-5-6-10-18-30(2,3)25-14-16-27(28-21-26(32)15-13-24(28)17-19-31)29(20-25)33-22-23-11-8-7-9-12-23/h7-9,11-12,14,16,19-20,24,26,28,32H,4-6,10,13,15,17-18,21-22H2,1-3H3/t24-,26+,28+/m0/s1. The lowest BCUT2D eigenvalue weighted by Gasteiger charge is -2.35. The lowest BCUT2D eigenvalue weighted by atomic mass is 9.72. The lowest BCUT2D eigenvalue weighted by molar-refractivity contribution is -0.109. The molecule has 0 unspecified atom stereocenters. The number of rotatable bonds is 12. The summed E-state index contributed by atoms with van der Waals surface area (Å²) < 4.78 is 6.45. The quantitative estimate of drug-likeness (QED) is 0.272. The fourth-order valence-electron chi connectivity index (χ4n) is 5.26. The number of carbonyl (C=O) groups is 1. The molecule has 3 heteroatoms. The predicted molar refractivity (Wildman–Crippen MR) is 136 cm³/mol. The van der Waals surface area contributed by atoms with Crippen LogP contribution in [0.1, 0.15) is 101 Å². The Balaban J connectivity index is 1.89. The highest BCUT2D eigenvalue weighted by molar-refractivity contribution is 5.51. The molecule has 0 aliphatic heterocycles. The van der Waals surface area contributed by atoms with Gasteiger partial charge in [-0.15, -0.1) is 0 Å². The summed E-state index contributed by atoms with van der Waals surface area (Å²) in [6.07, 6.45) is 9.83. The third-order valence-electron chi connectivity index (χ3n) is 7.45. The Morgan fingerprint density at radius 1 is 1.06 bits per heavy atom. The summed E-state index contributed by atoms with van der Waals surface area (Å²) in [4.78, 5) is 11.4. The second-order valence-electron chi connectivity index (χ2n) is 10.5. The highest BCUT2D eigenvalue weighted by atomic mass is 16.5. The Labute approximate surface area is 200 Å². The van der Waals surface area contributed by atoms with Crippen molar-refractivity contribution in [2.75, 3.05) is 0 Å². The topological polar surface area (TPSA) is 46.5 Å². The maximum atomic E-state index is 11.4. The van der Waals surface area contributed by atoms with Crippen LogP contribution in [-0.2, 0) is 16.8 Å². The van der Waals surface area contributed by atoms with E-state index in [-0.39, 0.29) is 23.4 Å². The Kier molecular flexibility index (Phi) is 9.55. The molecule has 2 aromatic carbocycles. The van der Waals surface area contributed by atoms with Crippen molar-refractivity contribution in [3.8, 4) is 5.75 Å². The minimum Gasteiger partial charge on any atom is -0.489 e. The number of carbonyl (C=O) groups excluding carboxylic acids is 1. The van der Waals surface area contributed by atoms with Crippen molar-refractivity contribution in [1.29, 1.82) is 0 Å². The maximum Gasteiger partial charge on any atom is 0.123 e. The monoisotopic (exact) mass is 450 g/mol. The molecular weight excluding hydrogens is 408 g/mol. The molecule has 0 saturated heterocycles. The van der Waals surface area contributed by atoms with Crippen LogP contribution < -0.4 is 4.74 Å².